The van der Waals surface area contributed by atoms with Crippen LogP contribution in [0.15, 0.2) is 6.07 Å². The van der Waals surface area contributed by atoms with Gasteiger partial charge in [-0.3, -0.25) is 4.68 Å². The van der Waals surface area contributed by atoms with Gasteiger partial charge < -0.3 is 0 Å². The predicted octanol–water partition coefficient (Wildman–Crippen LogP) is 1.97. The molecule has 1 radical (unpaired) electrons. The summed E-state index contributed by atoms with van der Waals surface area (Å²) in [4.78, 5) is 0. The molecular formula is C9H13N2. The minimum absolute atomic E-state index is 0.806. The van der Waals surface area contributed by atoms with E-state index in [4.69, 9.17) is 0 Å². The molecule has 0 aliphatic heterocycles. The highest BCUT2D eigenvalue weighted by atomic mass is 15.3. The van der Waals surface area contributed by atoms with Gasteiger partial charge in [0.05, 0.1) is 0 Å². The first-order chi connectivity index (χ1) is 5.42. The lowest BCUT2D eigenvalue weighted by atomic mass is 10.3. The average Bonchev–Trinajstić information content (AvgIpc) is 2.75. The summed E-state index contributed by atoms with van der Waals surface area (Å²) in [7, 11) is 0. The first kappa shape index (κ1) is 6.89. The van der Waals surface area contributed by atoms with Gasteiger partial charge >= 0.3 is 0 Å². The van der Waals surface area contributed by atoms with E-state index in [0.29, 0.717) is 0 Å². The molecule has 2 heteroatoms. The Hall–Kier alpha value is -0.790. The fourth-order valence-electron chi connectivity index (χ4n) is 1.40. The van der Waals surface area contributed by atoms with Crippen LogP contribution in [0.3, 0.4) is 0 Å². The van der Waals surface area contributed by atoms with E-state index in [1.165, 1.54) is 18.5 Å². The minimum atomic E-state index is 0.806. The number of nitrogens with zero attached hydrogens (tertiary/aromatic N) is 2. The zero-order valence-corrected chi connectivity index (χ0v) is 6.88. The van der Waals surface area contributed by atoms with E-state index in [2.05, 4.69) is 22.9 Å². The van der Waals surface area contributed by atoms with Gasteiger partial charge in [0.1, 0.15) is 6.20 Å². The second-order valence-corrected chi connectivity index (χ2v) is 3.20. The monoisotopic (exact) mass is 149 g/mol. The highest BCUT2D eigenvalue weighted by Crippen LogP contribution is 2.39. The highest BCUT2D eigenvalue weighted by Gasteiger charge is 2.26. The molecule has 1 fully saturated rings. The molecular weight excluding hydrogens is 136 g/mol. The molecule has 0 atom stereocenters. The smallest absolute Gasteiger partial charge is 0.113 e. The molecule has 2 nitrogen and oxygen atoms in total. The second kappa shape index (κ2) is 2.68. The van der Waals surface area contributed by atoms with E-state index < -0.39 is 0 Å². The number of hydrogen-bond donors (Lipinski definition) is 0. The summed E-state index contributed by atoms with van der Waals surface area (Å²) < 4.78 is 2.09. The SMILES string of the molecule is CCCn1n[c]cc1C1CC1. The topological polar surface area (TPSA) is 17.8 Å². The molecule has 0 amide bonds. The summed E-state index contributed by atoms with van der Waals surface area (Å²) in [6, 6.07) is 2.04. The Morgan fingerprint density at radius 3 is 3.18 bits per heavy atom. The Morgan fingerprint density at radius 2 is 2.55 bits per heavy atom. The maximum atomic E-state index is 4.16. The van der Waals surface area contributed by atoms with Gasteiger partial charge in [-0.05, 0) is 25.3 Å². The van der Waals surface area contributed by atoms with Crippen LogP contribution in [-0.2, 0) is 6.54 Å². The van der Waals surface area contributed by atoms with Crippen LogP contribution >= 0.6 is 0 Å². The third-order valence-corrected chi connectivity index (χ3v) is 2.12. The lowest BCUT2D eigenvalue weighted by Gasteiger charge is -2.02. The lowest BCUT2D eigenvalue weighted by molar-refractivity contribution is 0.574. The molecule has 1 saturated carbocycles. The Balaban J connectivity index is 2.16. The molecule has 0 unspecified atom stereocenters. The predicted molar refractivity (Wildman–Crippen MR) is 43.3 cm³/mol. The number of aryl methyl sites for hydroxylation is 1. The first-order valence-electron chi connectivity index (χ1n) is 4.35. The second-order valence-electron chi connectivity index (χ2n) is 3.20. The van der Waals surface area contributed by atoms with Crippen LogP contribution in [0.1, 0.15) is 37.8 Å². The van der Waals surface area contributed by atoms with E-state index in [1.807, 2.05) is 6.07 Å². The van der Waals surface area contributed by atoms with Crippen molar-refractivity contribution < 1.29 is 0 Å². The van der Waals surface area contributed by atoms with Gasteiger partial charge in [-0.15, -0.1) is 0 Å². The van der Waals surface area contributed by atoms with Crippen LogP contribution in [0.2, 0.25) is 0 Å². The third-order valence-electron chi connectivity index (χ3n) is 2.12. The first-order valence-corrected chi connectivity index (χ1v) is 4.35. The minimum Gasteiger partial charge on any atom is -0.269 e. The molecule has 2 rings (SSSR count). The molecule has 59 valence electrons. The molecule has 1 aliphatic carbocycles. The fourth-order valence-corrected chi connectivity index (χ4v) is 1.40. The Bertz CT molecular complexity index is 235. The van der Waals surface area contributed by atoms with Crippen LogP contribution in [-0.4, -0.2) is 9.78 Å². The van der Waals surface area contributed by atoms with Gasteiger partial charge in [0, 0.05) is 18.2 Å². The lowest BCUT2D eigenvalue weighted by Crippen LogP contribution is -2.02. The highest BCUT2D eigenvalue weighted by molar-refractivity contribution is 5.13. The molecule has 11 heavy (non-hydrogen) atoms. The summed E-state index contributed by atoms with van der Waals surface area (Å²) in [6.45, 7) is 3.23. The fraction of sp³-hybridized carbons (Fsp3) is 0.667. The van der Waals surface area contributed by atoms with E-state index >= 15 is 0 Å². The summed E-state index contributed by atoms with van der Waals surface area (Å²) in [5, 5.41) is 4.16. The third kappa shape index (κ3) is 1.30. The normalized spacial score (nSPS) is 17.2. The van der Waals surface area contributed by atoms with Crippen molar-refractivity contribution in [1.29, 1.82) is 0 Å². The van der Waals surface area contributed by atoms with Gasteiger partial charge in [-0.1, -0.05) is 6.92 Å². The standard InChI is InChI=1S/C9H13N2/c1-2-7-11-9(5-6-10-11)8-3-4-8/h5,8H,2-4,7H2,1H3. The molecule has 1 aromatic rings. The number of hydrogen-bond acceptors (Lipinski definition) is 1. The largest absolute Gasteiger partial charge is 0.269 e. The molecule has 0 aromatic carbocycles. The van der Waals surface area contributed by atoms with Gasteiger partial charge in [0.15, 0.2) is 0 Å². The maximum absolute atomic E-state index is 4.16. The molecule has 1 aliphatic rings. The molecule has 1 heterocycles. The van der Waals surface area contributed by atoms with Gasteiger partial charge in [-0.25, -0.2) is 0 Å². The van der Waals surface area contributed by atoms with Gasteiger partial charge in [-0.2, -0.15) is 5.10 Å². The number of aromatic nitrogens is 2. The van der Waals surface area contributed by atoms with E-state index in [9.17, 15) is 0 Å². The van der Waals surface area contributed by atoms with Crippen molar-refractivity contribution in [2.45, 2.75) is 38.6 Å². The summed E-state index contributed by atoms with van der Waals surface area (Å²) in [5.41, 5.74) is 1.40. The van der Waals surface area contributed by atoms with Crippen molar-refractivity contribution in [3.63, 3.8) is 0 Å². The van der Waals surface area contributed by atoms with Gasteiger partial charge in [0.25, 0.3) is 0 Å². The van der Waals surface area contributed by atoms with Crippen molar-refractivity contribution in [3.05, 3.63) is 18.0 Å². The van der Waals surface area contributed by atoms with Crippen molar-refractivity contribution in [3.8, 4) is 0 Å². The number of rotatable bonds is 3. The molecule has 1 aromatic heterocycles. The van der Waals surface area contributed by atoms with Crippen LogP contribution in [0.5, 0.6) is 0 Å². The molecule has 0 spiro atoms. The van der Waals surface area contributed by atoms with Gasteiger partial charge in [0.2, 0.25) is 0 Å². The zero-order valence-electron chi connectivity index (χ0n) is 6.88. The maximum Gasteiger partial charge on any atom is 0.113 e. The van der Waals surface area contributed by atoms with Crippen molar-refractivity contribution in [1.82, 2.24) is 9.78 Å². The van der Waals surface area contributed by atoms with E-state index in [-0.39, 0.29) is 0 Å². The summed E-state index contributed by atoms with van der Waals surface area (Å²) >= 11 is 0. The Labute approximate surface area is 67.2 Å². The summed E-state index contributed by atoms with van der Waals surface area (Å²) in [5.74, 6) is 0.806. The van der Waals surface area contributed by atoms with Crippen LogP contribution in [0, 0.1) is 6.20 Å². The van der Waals surface area contributed by atoms with Crippen molar-refractivity contribution in [2.75, 3.05) is 0 Å². The quantitative estimate of drug-likeness (QED) is 0.642. The van der Waals surface area contributed by atoms with Crippen LogP contribution < -0.4 is 0 Å². The molecule has 0 bridgehead atoms. The average molecular weight is 149 g/mol. The van der Waals surface area contributed by atoms with Crippen LogP contribution in [0.4, 0.5) is 0 Å². The van der Waals surface area contributed by atoms with E-state index in [1.54, 1.807) is 0 Å². The Morgan fingerprint density at radius 1 is 1.73 bits per heavy atom. The molecule has 0 saturated heterocycles. The Kier molecular flexibility index (Phi) is 1.68. The van der Waals surface area contributed by atoms with Crippen molar-refractivity contribution >= 4 is 0 Å². The van der Waals surface area contributed by atoms with Crippen LogP contribution in [0.25, 0.3) is 0 Å². The van der Waals surface area contributed by atoms with Crippen molar-refractivity contribution in [2.24, 2.45) is 0 Å². The van der Waals surface area contributed by atoms with E-state index in [0.717, 1.165) is 18.9 Å². The zero-order chi connectivity index (χ0) is 7.68. The summed E-state index contributed by atoms with van der Waals surface area (Å²) in [6.07, 6.45) is 6.78. The molecule has 0 N–H and O–H groups in total.